The number of likely N-dealkylation sites (tertiary alicyclic amines) is 1. The zero-order valence-corrected chi connectivity index (χ0v) is 23.4. The number of hydrogen-bond donors (Lipinski definition) is 1. The SMILES string of the molecule is COc1ccc2c3c1O[C@H]1[C@@H](N(C)C(=O)Cc4ccc(Cl)c(Cl)c4)CC[C@@]4(O)[C@@H](C2)N(CC2CC2)CC[C@]314. The average molecular weight is 558 g/mol. The van der Waals surface area contributed by atoms with Crippen LogP contribution >= 0.6 is 23.2 Å². The summed E-state index contributed by atoms with van der Waals surface area (Å²) in [5.41, 5.74) is 1.74. The van der Waals surface area contributed by atoms with Gasteiger partial charge >= 0.3 is 0 Å². The van der Waals surface area contributed by atoms with Gasteiger partial charge in [-0.2, -0.15) is 0 Å². The van der Waals surface area contributed by atoms with Crippen molar-refractivity contribution in [1.29, 1.82) is 0 Å². The van der Waals surface area contributed by atoms with E-state index < -0.39 is 11.0 Å². The molecule has 1 spiro atoms. The summed E-state index contributed by atoms with van der Waals surface area (Å²) in [4.78, 5) is 18.0. The second-order valence-corrected chi connectivity index (χ2v) is 12.8. The lowest BCUT2D eigenvalue weighted by Crippen LogP contribution is -2.78. The molecule has 1 amide bonds. The van der Waals surface area contributed by atoms with Crippen molar-refractivity contribution in [1.82, 2.24) is 9.80 Å². The maximum Gasteiger partial charge on any atom is 0.227 e. The van der Waals surface area contributed by atoms with E-state index in [4.69, 9.17) is 32.7 Å². The quantitative estimate of drug-likeness (QED) is 0.561. The second-order valence-electron chi connectivity index (χ2n) is 12.0. The highest BCUT2D eigenvalue weighted by molar-refractivity contribution is 6.42. The molecule has 0 unspecified atom stereocenters. The van der Waals surface area contributed by atoms with Crippen LogP contribution in [0.3, 0.4) is 0 Å². The molecule has 5 atom stereocenters. The molecule has 0 aromatic heterocycles. The Kier molecular flexibility index (Phi) is 5.76. The van der Waals surface area contributed by atoms with Gasteiger partial charge in [-0.15, -0.1) is 0 Å². The standard InChI is InChI=1S/C30H34Cl2N2O4/c1-33(25(35)14-18-5-7-20(31)21(32)13-18)22-9-10-30(36)24-15-19-6-8-23(37-2)27-26(19)29(30,28(22)38-27)11-12-34(24)16-17-3-4-17/h5-8,13,17,22,24,28,36H,3-4,9-12,14-16H2,1-2H3/t22-,24+,28-,29-,30+/m0/s1. The number of methoxy groups -OCH3 is 1. The largest absolute Gasteiger partial charge is 0.493 e. The Balaban J connectivity index is 1.26. The number of carbonyl (C=O) groups excluding carboxylic acids is 1. The summed E-state index contributed by atoms with van der Waals surface area (Å²) >= 11 is 12.3. The van der Waals surface area contributed by atoms with Crippen molar-refractivity contribution in [2.24, 2.45) is 5.92 Å². The summed E-state index contributed by atoms with van der Waals surface area (Å²) < 4.78 is 12.6. The Hall–Kier alpha value is -1.99. The Labute approximate surface area is 233 Å². The number of aliphatic hydroxyl groups is 1. The first-order chi connectivity index (χ1) is 18.3. The molecule has 3 fully saturated rings. The Bertz CT molecular complexity index is 1320. The van der Waals surface area contributed by atoms with Crippen LogP contribution in [0.1, 0.15) is 48.8 Å². The van der Waals surface area contributed by atoms with Crippen molar-refractivity contribution in [3.63, 3.8) is 0 Å². The van der Waals surface area contributed by atoms with Gasteiger partial charge in [0, 0.05) is 25.2 Å². The molecule has 2 bridgehead atoms. The van der Waals surface area contributed by atoms with E-state index in [1.165, 1.54) is 18.4 Å². The van der Waals surface area contributed by atoms with Gasteiger partial charge in [0.05, 0.1) is 40.6 Å². The molecule has 1 N–H and O–H groups in total. The fraction of sp³-hybridized carbons (Fsp3) is 0.567. The smallest absolute Gasteiger partial charge is 0.227 e. The normalized spacial score (nSPS) is 32.9. The van der Waals surface area contributed by atoms with Gasteiger partial charge in [0.25, 0.3) is 0 Å². The first kappa shape index (κ1) is 25.0. The van der Waals surface area contributed by atoms with Gasteiger partial charge in [-0.1, -0.05) is 35.3 Å². The molecule has 1 saturated heterocycles. The maximum absolute atomic E-state index is 13.6. The molecule has 2 aliphatic heterocycles. The van der Waals surface area contributed by atoms with E-state index in [9.17, 15) is 9.90 Å². The van der Waals surface area contributed by atoms with E-state index in [0.29, 0.717) is 28.6 Å². The van der Waals surface area contributed by atoms with Gasteiger partial charge in [0.2, 0.25) is 5.91 Å². The number of benzene rings is 2. The molecule has 2 aromatic rings. The topological polar surface area (TPSA) is 62.2 Å². The number of nitrogens with zero attached hydrogens (tertiary/aromatic N) is 2. The van der Waals surface area contributed by atoms with Crippen molar-refractivity contribution in [3.05, 3.63) is 57.1 Å². The van der Waals surface area contributed by atoms with Gasteiger partial charge in [0.1, 0.15) is 6.10 Å². The lowest BCUT2D eigenvalue weighted by Gasteiger charge is -2.64. The summed E-state index contributed by atoms with van der Waals surface area (Å²) in [7, 11) is 3.54. The molecular weight excluding hydrogens is 523 g/mol. The molecule has 8 heteroatoms. The number of carbonyl (C=O) groups is 1. The highest BCUT2D eigenvalue weighted by Crippen LogP contribution is 2.66. The molecule has 7 rings (SSSR count). The van der Waals surface area contributed by atoms with Crippen molar-refractivity contribution in [3.8, 4) is 11.5 Å². The predicted molar refractivity (Wildman–Crippen MR) is 146 cm³/mol. The first-order valence-electron chi connectivity index (χ1n) is 13.8. The Morgan fingerprint density at radius 1 is 1.18 bits per heavy atom. The molecule has 202 valence electrons. The summed E-state index contributed by atoms with van der Waals surface area (Å²) in [6, 6.07) is 9.40. The van der Waals surface area contributed by atoms with Gasteiger partial charge in [-0.3, -0.25) is 9.69 Å². The molecular formula is C30H34Cl2N2O4. The molecule has 2 aromatic carbocycles. The van der Waals surface area contributed by atoms with Crippen molar-refractivity contribution in [2.75, 3.05) is 27.2 Å². The Morgan fingerprint density at radius 2 is 2.00 bits per heavy atom. The summed E-state index contributed by atoms with van der Waals surface area (Å²) in [6.45, 7) is 2.01. The van der Waals surface area contributed by atoms with Gasteiger partial charge < -0.3 is 19.5 Å². The van der Waals surface area contributed by atoms with Crippen LogP contribution < -0.4 is 9.47 Å². The van der Waals surface area contributed by atoms with Crippen molar-refractivity contribution in [2.45, 2.75) is 74.1 Å². The van der Waals surface area contributed by atoms with Gasteiger partial charge in [-0.05, 0) is 80.3 Å². The minimum Gasteiger partial charge on any atom is -0.493 e. The molecule has 38 heavy (non-hydrogen) atoms. The van der Waals surface area contributed by atoms with Crippen LogP contribution in [-0.4, -0.2) is 71.8 Å². The number of ether oxygens (including phenoxy) is 2. The monoisotopic (exact) mass is 556 g/mol. The van der Waals surface area contributed by atoms with E-state index >= 15 is 0 Å². The molecule has 3 aliphatic carbocycles. The highest BCUT2D eigenvalue weighted by Gasteiger charge is 2.73. The van der Waals surface area contributed by atoms with E-state index in [2.05, 4.69) is 11.0 Å². The third-order valence-electron chi connectivity index (χ3n) is 10.2. The molecule has 0 radical (unpaired) electrons. The van der Waals surface area contributed by atoms with E-state index in [1.54, 1.807) is 19.2 Å². The zero-order chi connectivity index (χ0) is 26.4. The lowest BCUT2D eigenvalue weighted by molar-refractivity contribution is -0.200. The molecule has 2 saturated carbocycles. The number of piperidine rings is 1. The fourth-order valence-electron chi connectivity index (χ4n) is 8.14. The van der Waals surface area contributed by atoms with Crippen molar-refractivity contribution < 1.29 is 19.4 Å². The second kappa shape index (κ2) is 8.76. The number of rotatable bonds is 6. The van der Waals surface area contributed by atoms with Gasteiger partial charge in [0.15, 0.2) is 11.5 Å². The van der Waals surface area contributed by atoms with Gasteiger partial charge in [-0.25, -0.2) is 0 Å². The van der Waals surface area contributed by atoms with Crippen LogP contribution in [0.25, 0.3) is 0 Å². The molecule has 5 aliphatic rings. The van der Waals surface area contributed by atoms with Crippen LogP contribution in [0.2, 0.25) is 10.0 Å². The van der Waals surface area contributed by atoms with Crippen LogP contribution in [0, 0.1) is 5.92 Å². The van der Waals surface area contributed by atoms with E-state index in [-0.39, 0.29) is 30.5 Å². The minimum atomic E-state index is -0.903. The maximum atomic E-state index is 13.6. The highest BCUT2D eigenvalue weighted by atomic mass is 35.5. The number of likely N-dealkylation sites (N-methyl/N-ethyl adjacent to an activating group) is 1. The first-order valence-corrected chi connectivity index (χ1v) is 14.6. The van der Waals surface area contributed by atoms with Crippen LogP contribution in [0.4, 0.5) is 0 Å². The van der Waals surface area contributed by atoms with E-state index in [1.807, 2.05) is 24.1 Å². The number of halogens is 2. The third kappa shape index (κ3) is 3.43. The lowest BCUT2D eigenvalue weighted by atomic mass is 9.48. The summed E-state index contributed by atoms with van der Waals surface area (Å²) in [5.74, 6) is 2.23. The fourth-order valence-corrected chi connectivity index (χ4v) is 8.46. The summed E-state index contributed by atoms with van der Waals surface area (Å²) in [6.07, 6.45) is 5.46. The molecule has 2 heterocycles. The molecule has 6 nitrogen and oxygen atoms in total. The van der Waals surface area contributed by atoms with Crippen LogP contribution in [-0.2, 0) is 23.1 Å². The Morgan fingerprint density at radius 3 is 2.74 bits per heavy atom. The minimum absolute atomic E-state index is 0.000465. The zero-order valence-electron chi connectivity index (χ0n) is 21.9. The van der Waals surface area contributed by atoms with E-state index in [0.717, 1.165) is 48.7 Å². The third-order valence-corrected chi connectivity index (χ3v) is 10.9. The van der Waals surface area contributed by atoms with Crippen LogP contribution in [0.5, 0.6) is 11.5 Å². The predicted octanol–water partition coefficient (Wildman–Crippen LogP) is 4.64. The number of hydrogen-bond acceptors (Lipinski definition) is 5. The van der Waals surface area contributed by atoms with Crippen LogP contribution in [0.15, 0.2) is 30.3 Å². The summed E-state index contributed by atoms with van der Waals surface area (Å²) in [5, 5.41) is 13.6. The average Bonchev–Trinajstić information content (AvgIpc) is 3.64. The van der Waals surface area contributed by atoms with Crippen molar-refractivity contribution >= 4 is 29.1 Å². The number of amides is 1.